The molecule has 0 aliphatic rings. The Hall–Kier alpha value is -2.10. The van der Waals surface area contributed by atoms with Crippen LogP contribution in [0.3, 0.4) is 0 Å². The SMILES string of the molecule is COc1cc(/C=N\NC(=O)c2ccc(I)cc2)cc(Br)c1OCc1ccccc1Cl. The van der Waals surface area contributed by atoms with E-state index in [2.05, 4.69) is 49.0 Å². The highest BCUT2D eigenvalue weighted by Crippen LogP contribution is 2.37. The quantitative estimate of drug-likeness (QED) is 0.204. The molecule has 5 nitrogen and oxygen atoms in total. The van der Waals surface area contributed by atoms with Crippen LogP contribution in [0.4, 0.5) is 0 Å². The molecule has 0 fully saturated rings. The molecule has 0 unspecified atom stereocenters. The number of carbonyl (C=O) groups excluding carboxylic acids is 1. The first-order valence-corrected chi connectivity index (χ1v) is 11.1. The maximum Gasteiger partial charge on any atom is 0.271 e. The van der Waals surface area contributed by atoms with Gasteiger partial charge in [0.25, 0.3) is 5.91 Å². The molecule has 1 N–H and O–H groups in total. The molecular weight excluding hydrogens is 583 g/mol. The number of nitrogens with zero attached hydrogens (tertiary/aromatic N) is 1. The lowest BCUT2D eigenvalue weighted by Crippen LogP contribution is -2.17. The van der Waals surface area contributed by atoms with Gasteiger partial charge in [-0.3, -0.25) is 4.79 Å². The van der Waals surface area contributed by atoms with E-state index in [1.165, 1.54) is 6.21 Å². The Morgan fingerprint density at radius 3 is 2.63 bits per heavy atom. The van der Waals surface area contributed by atoms with Crippen LogP contribution in [0.2, 0.25) is 5.02 Å². The molecule has 0 aliphatic carbocycles. The lowest BCUT2D eigenvalue weighted by Gasteiger charge is -2.14. The molecule has 0 radical (unpaired) electrons. The van der Waals surface area contributed by atoms with Crippen molar-refractivity contribution in [3.05, 3.63) is 90.4 Å². The number of benzene rings is 3. The largest absolute Gasteiger partial charge is 0.493 e. The van der Waals surface area contributed by atoms with Crippen molar-refractivity contribution in [3.63, 3.8) is 0 Å². The van der Waals surface area contributed by atoms with Crippen molar-refractivity contribution in [1.29, 1.82) is 0 Å². The monoisotopic (exact) mass is 598 g/mol. The van der Waals surface area contributed by atoms with Crippen LogP contribution in [0.15, 0.2) is 70.2 Å². The molecule has 1 amide bonds. The number of carbonyl (C=O) groups is 1. The van der Waals surface area contributed by atoms with E-state index in [0.29, 0.717) is 33.2 Å². The Morgan fingerprint density at radius 2 is 1.93 bits per heavy atom. The molecule has 30 heavy (non-hydrogen) atoms. The summed E-state index contributed by atoms with van der Waals surface area (Å²) in [5.41, 5.74) is 4.65. The van der Waals surface area contributed by atoms with E-state index in [0.717, 1.165) is 14.7 Å². The summed E-state index contributed by atoms with van der Waals surface area (Å²) < 4.78 is 13.1. The molecule has 8 heteroatoms. The Morgan fingerprint density at radius 1 is 1.20 bits per heavy atom. The Labute approximate surface area is 201 Å². The number of ether oxygens (including phenoxy) is 2. The first-order chi connectivity index (χ1) is 14.5. The zero-order valence-electron chi connectivity index (χ0n) is 15.9. The van der Waals surface area contributed by atoms with Crippen molar-refractivity contribution in [1.82, 2.24) is 5.43 Å². The summed E-state index contributed by atoms with van der Waals surface area (Å²) in [6.07, 6.45) is 1.54. The number of hydrogen-bond donors (Lipinski definition) is 1. The van der Waals surface area contributed by atoms with Gasteiger partial charge in [0.15, 0.2) is 11.5 Å². The minimum Gasteiger partial charge on any atom is -0.493 e. The summed E-state index contributed by atoms with van der Waals surface area (Å²) in [5, 5.41) is 4.67. The van der Waals surface area contributed by atoms with Gasteiger partial charge in [0.05, 0.1) is 17.8 Å². The molecule has 0 spiro atoms. The summed E-state index contributed by atoms with van der Waals surface area (Å²) in [6, 6.07) is 18.3. The number of methoxy groups -OCH3 is 1. The molecule has 0 aromatic heterocycles. The van der Waals surface area contributed by atoms with Crippen molar-refractivity contribution < 1.29 is 14.3 Å². The smallest absolute Gasteiger partial charge is 0.271 e. The van der Waals surface area contributed by atoms with E-state index < -0.39 is 0 Å². The van der Waals surface area contributed by atoms with E-state index in [4.69, 9.17) is 21.1 Å². The van der Waals surface area contributed by atoms with E-state index in [-0.39, 0.29) is 5.91 Å². The number of halogens is 3. The Bertz CT molecular complexity index is 1070. The number of rotatable bonds is 7. The average molecular weight is 600 g/mol. The van der Waals surface area contributed by atoms with Gasteiger partial charge in [-0.1, -0.05) is 29.8 Å². The molecule has 0 bridgehead atoms. The van der Waals surface area contributed by atoms with Crippen molar-refractivity contribution in [2.45, 2.75) is 6.61 Å². The second-order valence-corrected chi connectivity index (χ2v) is 8.63. The number of hydrazone groups is 1. The van der Waals surface area contributed by atoms with E-state index in [1.54, 1.807) is 25.3 Å². The number of hydrogen-bond acceptors (Lipinski definition) is 4. The topological polar surface area (TPSA) is 59.9 Å². The molecule has 0 saturated heterocycles. The summed E-state index contributed by atoms with van der Waals surface area (Å²) in [4.78, 5) is 12.1. The summed E-state index contributed by atoms with van der Waals surface area (Å²) in [6.45, 7) is 0.300. The highest BCUT2D eigenvalue weighted by Gasteiger charge is 2.12. The lowest BCUT2D eigenvalue weighted by molar-refractivity contribution is 0.0955. The molecule has 0 heterocycles. The zero-order valence-corrected chi connectivity index (χ0v) is 20.4. The summed E-state index contributed by atoms with van der Waals surface area (Å²) in [5.74, 6) is 0.799. The fourth-order valence-electron chi connectivity index (χ4n) is 2.55. The predicted octanol–water partition coefficient (Wildman–Crippen LogP) is 6.06. The molecule has 0 saturated carbocycles. The molecule has 3 aromatic rings. The van der Waals surface area contributed by atoms with Gasteiger partial charge in [0.2, 0.25) is 0 Å². The maximum absolute atomic E-state index is 12.1. The first kappa shape index (κ1) is 22.6. The second-order valence-electron chi connectivity index (χ2n) is 6.12. The van der Waals surface area contributed by atoms with Gasteiger partial charge in [0, 0.05) is 19.7 Å². The average Bonchev–Trinajstić information content (AvgIpc) is 2.74. The van der Waals surface area contributed by atoms with Crippen molar-refractivity contribution >= 4 is 62.2 Å². The third-order valence-corrected chi connectivity index (χ3v) is 5.74. The maximum atomic E-state index is 12.1. The lowest BCUT2D eigenvalue weighted by atomic mass is 10.2. The van der Waals surface area contributed by atoms with Crippen LogP contribution in [-0.2, 0) is 6.61 Å². The number of amides is 1. The third kappa shape index (κ3) is 5.96. The van der Waals surface area contributed by atoms with Crippen LogP contribution in [0.25, 0.3) is 0 Å². The molecule has 3 aromatic carbocycles. The van der Waals surface area contributed by atoms with Crippen molar-refractivity contribution in [2.75, 3.05) is 7.11 Å². The van der Waals surface area contributed by atoms with Crippen LogP contribution in [-0.4, -0.2) is 19.2 Å². The van der Waals surface area contributed by atoms with Crippen molar-refractivity contribution in [2.24, 2.45) is 5.10 Å². The van der Waals surface area contributed by atoms with Crippen LogP contribution < -0.4 is 14.9 Å². The van der Waals surface area contributed by atoms with Crippen molar-refractivity contribution in [3.8, 4) is 11.5 Å². The van der Waals surface area contributed by atoms with Gasteiger partial charge in [0.1, 0.15) is 6.61 Å². The fourth-order valence-corrected chi connectivity index (χ4v) is 3.68. The van der Waals surface area contributed by atoms with Gasteiger partial charge in [-0.15, -0.1) is 0 Å². The summed E-state index contributed by atoms with van der Waals surface area (Å²) >= 11 is 11.9. The van der Waals surface area contributed by atoms with Crippen LogP contribution in [0.5, 0.6) is 11.5 Å². The molecule has 3 rings (SSSR count). The molecule has 154 valence electrons. The van der Waals surface area contributed by atoms with Gasteiger partial charge < -0.3 is 9.47 Å². The fraction of sp³-hybridized carbons (Fsp3) is 0.0909. The van der Waals surface area contributed by atoms with E-state index in [9.17, 15) is 4.79 Å². The van der Waals surface area contributed by atoms with E-state index in [1.807, 2.05) is 42.5 Å². The van der Waals surface area contributed by atoms with Crippen LogP contribution in [0.1, 0.15) is 21.5 Å². The van der Waals surface area contributed by atoms with Crippen LogP contribution in [0, 0.1) is 3.57 Å². The second kappa shape index (κ2) is 10.8. The Kier molecular flexibility index (Phi) is 8.12. The molecular formula is C22H17BrClIN2O3. The van der Waals surface area contributed by atoms with Gasteiger partial charge in [-0.05, 0) is 86.5 Å². The minimum absolute atomic E-state index is 0.284. The summed E-state index contributed by atoms with van der Waals surface area (Å²) in [7, 11) is 1.56. The number of nitrogens with one attached hydrogen (secondary N) is 1. The van der Waals surface area contributed by atoms with Gasteiger partial charge in [-0.25, -0.2) is 5.43 Å². The first-order valence-electron chi connectivity index (χ1n) is 8.80. The standard InChI is InChI=1S/C22H17BrClIN2O3/c1-29-20-11-14(12-26-27-22(28)15-6-8-17(25)9-7-15)10-18(23)21(20)30-13-16-4-2-3-5-19(16)24/h2-12H,13H2,1H3,(H,27,28)/b26-12-. The Balaban J connectivity index is 1.70. The highest BCUT2D eigenvalue weighted by molar-refractivity contribution is 14.1. The minimum atomic E-state index is -0.284. The zero-order chi connectivity index (χ0) is 21.5. The normalized spacial score (nSPS) is 10.8. The highest BCUT2D eigenvalue weighted by atomic mass is 127. The third-order valence-electron chi connectivity index (χ3n) is 4.07. The van der Waals surface area contributed by atoms with Crippen LogP contribution >= 0.6 is 50.1 Å². The molecule has 0 aliphatic heterocycles. The van der Waals surface area contributed by atoms with E-state index >= 15 is 0 Å². The predicted molar refractivity (Wildman–Crippen MR) is 131 cm³/mol. The molecule has 0 atom stereocenters. The van der Waals surface area contributed by atoms with Gasteiger partial charge >= 0.3 is 0 Å². The van der Waals surface area contributed by atoms with Gasteiger partial charge in [-0.2, -0.15) is 5.10 Å².